The van der Waals surface area contributed by atoms with Gasteiger partial charge in [0.05, 0.1) is 35.7 Å². The van der Waals surface area contributed by atoms with Crippen molar-refractivity contribution in [3.8, 4) is 28.1 Å². The van der Waals surface area contributed by atoms with Gasteiger partial charge in [0.15, 0.2) is 0 Å². The topological polar surface area (TPSA) is 188 Å². The summed E-state index contributed by atoms with van der Waals surface area (Å²) < 4.78 is 13.8. The number of hydrogen-bond acceptors (Lipinski definition) is 11. The van der Waals surface area contributed by atoms with Crippen LogP contribution < -0.4 is 10.7 Å². The number of phenols is 1. The molecule has 7 rings (SSSR count). The Morgan fingerprint density at radius 1 is 1.09 bits per heavy atom. The third-order valence-electron chi connectivity index (χ3n) is 12.6. The lowest BCUT2D eigenvalue weighted by Gasteiger charge is -2.37. The van der Waals surface area contributed by atoms with Crippen molar-refractivity contribution in [1.82, 2.24) is 39.9 Å². The fraction of sp³-hybridized carbons (Fsp3) is 0.479. The number of benzene rings is 1. The van der Waals surface area contributed by atoms with Crippen LogP contribution in [-0.4, -0.2) is 122 Å². The van der Waals surface area contributed by atoms with E-state index >= 15 is 0 Å². The Hall–Kier alpha value is -6.13. The first-order valence-electron chi connectivity index (χ1n) is 22.0. The Balaban J connectivity index is 1.28. The Kier molecular flexibility index (Phi) is 13.6. The molecule has 3 aromatic heterocycles. The van der Waals surface area contributed by atoms with E-state index in [4.69, 9.17) is 14.5 Å². The quantitative estimate of drug-likeness (QED) is 0.157. The molecular weight excluding hydrogens is 817 g/mol. The van der Waals surface area contributed by atoms with Crippen LogP contribution in [-0.2, 0) is 46.3 Å². The molecule has 4 aromatic rings. The number of carbonyl (C=O) groups excluding carboxylic acids is 5. The number of likely N-dealkylation sites (tertiary alicyclic amines) is 1. The number of hydrogen-bond donors (Lipinski definition) is 3. The number of methoxy groups -OCH3 is 1. The van der Waals surface area contributed by atoms with Crippen LogP contribution in [0.1, 0.15) is 76.9 Å². The number of carbonyl (C=O) groups is 5. The van der Waals surface area contributed by atoms with Crippen LogP contribution in [0.2, 0.25) is 0 Å². The number of imidazole rings is 1. The van der Waals surface area contributed by atoms with Crippen LogP contribution in [0.25, 0.3) is 28.0 Å². The van der Waals surface area contributed by atoms with Gasteiger partial charge in [0.1, 0.15) is 29.5 Å². The van der Waals surface area contributed by atoms with Crippen LogP contribution in [0.4, 0.5) is 0 Å². The highest BCUT2D eigenvalue weighted by Gasteiger charge is 2.40. The number of aromatic nitrogens is 3. The number of hydrazine groups is 1. The molecule has 6 bridgehead atoms. The van der Waals surface area contributed by atoms with E-state index in [1.165, 1.54) is 16.0 Å². The van der Waals surface area contributed by atoms with Gasteiger partial charge >= 0.3 is 5.97 Å². The second-order valence-corrected chi connectivity index (χ2v) is 18.4. The summed E-state index contributed by atoms with van der Waals surface area (Å²) in [6.07, 6.45) is 6.40. The van der Waals surface area contributed by atoms with Gasteiger partial charge in [-0.15, -0.1) is 0 Å². The van der Waals surface area contributed by atoms with Crippen molar-refractivity contribution in [2.45, 2.75) is 91.0 Å². The minimum atomic E-state index is -1.17. The van der Waals surface area contributed by atoms with E-state index in [9.17, 15) is 29.1 Å². The van der Waals surface area contributed by atoms with E-state index < -0.39 is 47.2 Å². The number of nitrogens with zero attached hydrogens (tertiary/aromatic N) is 6. The van der Waals surface area contributed by atoms with Crippen molar-refractivity contribution in [3.05, 3.63) is 84.5 Å². The number of esters is 1. The van der Waals surface area contributed by atoms with Crippen molar-refractivity contribution in [2.24, 2.45) is 17.3 Å². The molecule has 16 heteroatoms. The fourth-order valence-corrected chi connectivity index (χ4v) is 9.17. The minimum absolute atomic E-state index is 0.0264. The molecule has 64 heavy (non-hydrogen) atoms. The number of rotatable bonds is 9. The average molecular weight is 877 g/mol. The van der Waals surface area contributed by atoms with Gasteiger partial charge < -0.3 is 34.1 Å². The van der Waals surface area contributed by atoms with Gasteiger partial charge in [0.2, 0.25) is 17.7 Å². The summed E-state index contributed by atoms with van der Waals surface area (Å²) in [6.45, 7) is 14.2. The van der Waals surface area contributed by atoms with Crippen LogP contribution in [0.15, 0.2) is 67.5 Å². The Bertz CT molecular complexity index is 2450. The van der Waals surface area contributed by atoms with Gasteiger partial charge in [0, 0.05) is 63.6 Å². The molecule has 4 amide bonds. The van der Waals surface area contributed by atoms with Crippen LogP contribution in [0, 0.1) is 17.3 Å². The van der Waals surface area contributed by atoms with Crippen LogP contribution in [0.3, 0.4) is 0 Å². The number of fused-ring (bicyclic) bond motifs is 6. The van der Waals surface area contributed by atoms with Gasteiger partial charge in [-0.1, -0.05) is 40.3 Å². The fourth-order valence-electron chi connectivity index (χ4n) is 9.17. The molecule has 0 spiro atoms. The van der Waals surface area contributed by atoms with Crippen molar-refractivity contribution >= 4 is 35.2 Å². The predicted octanol–water partition coefficient (Wildman–Crippen LogP) is 4.64. The van der Waals surface area contributed by atoms with E-state index in [1.54, 1.807) is 37.4 Å². The molecule has 6 heterocycles. The molecule has 0 radical (unpaired) electrons. The molecule has 1 unspecified atom stereocenters. The van der Waals surface area contributed by atoms with E-state index in [0.29, 0.717) is 49.0 Å². The first kappa shape index (κ1) is 45.9. The Morgan fingerprint density at radius 2 is 1.88 bits per heavy atom. The zero-order valence-electron chi connectivity index (χ0n) is 37.8. The number of nitrogens with one attached hydrogen (secondary N) is 2. The molecule has 16 nitrogen and oxygen atoms in total. The van der Waals surface area contributed by atoms with E-state index in [1.807, 2.05) is 75.5 Å². The molecule has 2 saturated heterocycles. The molecule has 0 saturated carbocycles. The first-order valence-corrected chi connectivity index (χ1v) is 22.0. The lowest BCUT2D eigenvalue weighted by Crippen LogP contribution is -2.62. The van der Waals surface area contributed by atoms with Gasteiger partial charge in [-0.2, -0.15) is 0 Å². The highest BCUT2D eigenvalue weighted by atomic mass is 16.5. The largest absolute Gasteiger partial charge is 0.508 e. The maximum atomic E-state index is 14.6. The molecule has 3 N–H and O–H groups in total. The summed E-state index contributed by atoms with van der Waals surface area (Å²) in [7, 11) is 3.21. The monoisotopic (exact) mass is 876 g/mol. The van der Waals surface area contributed by atoms with E-state index in [2.05, 4.69) is 22.3 Å². The third kappa shape index (κ3) is 9.67. The Morgan fingerprint density at radius 3 is 2.61 bits per heavy atom. The average Bonchev–Trinajstić information content (AvgIpc) is 3.91. The molecule has 2 fully saturated rings. The maximum absolute atomic E-state index is 14.6. The van der Waals surface area contributed by atoms with Crippen LogP contribution >= 0.6 is 0 Å². The summed E-state index contributed by atoms with van der Waals surface area (Å²) in [6, 6.07) is 9.80. The van der Waals surface area contributed by atoms with Gasteiger partial charge in [-0.25, -0.2) is 10.4 Å². The molecule has 3 aliphatic rings. The van der Waals surface area contributed by atoms with Crippen molar-refractivity contribution in [1.29, 1.82) is 0 Å². The van der Waals surface area contributed by atoms with E-state index in [0.717, 1.165) is 28.2 Å². The zero-order valence-corrected chi connectivity index (χ0v) is 37.8. The number of pyridine rings is 2. The van der Waals surface area contributed by atoms with Gasteiger partial charge in [0.25, 0.3) is 5.91 Å². The lowest BCUT2D eigenvalue weighted by molar-refractivity contribution is -0.155. The standard InChI is InChI=1S/C48H60N8O8/c1-9-40(58)54-19-16-32(25-54)45(60)53(7)43(28(2)3)44(59)50-37-22-30-20-33(23-34(57)21-30)31-14-15-39-51-42(35-12-10-17-49-41(35)29(4)63-8)38(55(39)26-31)24-48(5,6)27-64-47(62)36-13-11-18-56(52-36)46(37)61/h9-10,12,14-15,17,20-21,23,26,28-29,32,36-37,43,52,57H,1,11,13,16,18-19,22,24-25,27H2,2-8H3,(H,50,59)/t29-,32-,36-,37-,43?/m0/s1. The molecular formula is C48H60N8O8. The second kappa shape index (κ2) is 18.9. The number of likely N-dealkylation sites (N-methyl/N-ethyl adjacent to an activating group) is 1. The second-order valence-electron chi connectivity index (χ2n) is 18.4. The third-order valence-corrected chi connectivity index (χ3v) is 12.6. The summed E-state index contributed by atoms with van der Waals surface area (Å²) in [5.74, 6) is -2.95. The summed E-state index contributed by atoms with van der Waals surface area (Å²) in [5.41, 5.74) is 8.30. The number of phenolic OH excluding ortho intramolecular Hbond substituents is 1. The summed E-state index contributed by atoms with van der Waals surface area (Å²) in [5, 5.41) is 15.6. The van der Waals surface area contributed by atoms with Crippen molar-refractivity contribution in [3.63, 3.8) is 0 Å². The number of aromatic hydroxyl groups is 1. The number of ether oxygens (including phenoxy) is 2. The SMILES string of the molecule is C=CC(=O)N1CC[C@H](C(=O)N(C)C(C(=O)N[C@H]2Cc3cc(O)cc(c3)-c3ccc4nc(-c5cccnc5[C@H](C)OC)c(n4c3)CC(C)(C)COC(=O)[C@@H]3CCCN(N3)C2=O)C(C)C)C1. The minimum Gasteiger partial charge on any atom is -0.508 e. The molecule has 1 aromatic carbocycles. The maximum Gasteiger partial charge on any atom is 0.324 e. The predicted molar refractivity (Wildman–Crippen MR) is 239 cm³/mol. The number of cyclic esters (lactones) is 1. The normalized spacial score (nSPS) is 21.2. The smallest absolute Gasteiger partial charge is 0.324 e. The molecule has 5 atom stereocenters. The zero-order chi connectivity index (χ0) is 46.0. The first-order chi connectivity index (χ1) is 30.5. The van der Waals surface area contributed by atoms with Gasteiger partial charge in [-0.3, -0.25) is 34.0 Å². The lowest BCUT2D eigenvalue weighted by atomic mass is 9.87. The van der Waals surface area contributed by atoms with Gasteiger partial charge in [-0.05, 0) is 97.7 Å². The highest BCUT2D eigenvalue weighted by Crippen LogP contribution is 2.36. The highest BCUT2D eigenvalue weighted by molar-refractivity contribution is 5.94. The van der Waals surface area contributed by atoms with Crippen molar-refractivity contribution in [2.75, 3.05) is 40.4 Å². The molecule has 0 aliphatic carbocycles. The molecule has 340 valence electrons. The summed E-state index contributed by atoms with van der Waals surface area (Å²) >= 11 is 0. The Labute approximate surface area is 374 Å². The number of amides is 4. The van der Waals surface area contributed by atoms with Crippen molar-refractivity contribution < 1.29 is 38.6 Å². The van der Waals surface area contributed by atoms with E-state index in [-0.39, 0.29) is 55.7 Å². The molecule has 3 aliphatic heterocycles. The van der Waals surface area contributed by atoms with Crippen LogP contribution in [0.5, 0.6) is 5.75 Å². The summed E-state index contributed by atoms with van der Waals surface area (Å²) in [4.78, 5) is 81.8.